The lowest BCUT2D eigenvalue weighted by molar-refractivity contribution is -0.387. The molecule has 0 bridgehead atoms. The molecule has 0 spiro atoms. The molecule has 0 N–H and O–H groups in total. The monoisotopic (exact) mass is 296 g/mol. The maximum Gasteiger partial charge on any atom is 0.289 e. The number of hydrogen-bond donors (Lipinski definition) is 0. The molecule has 6 nitrogen and oxygen atoms in total. The molecule has 1 aromatic rings. The topological polar surface area (TPSA) is 80.5 Å². The summed E-state index contributed by atoms with van der Waals surface area (Å²) in [5.41, 5.74) is -0.370. The van der Waals surface area contributed by atoms with E-state index in [0.29, 0.717) is 19.5 Å². The second-order valence-corrected chi connectivity index (χ2v) is 6.44. The number of nitro benzene ring substituents is 1. The SMILES string of the molecule is O=[N+]([O-])c1ccccc1S(=O)(=O)N1CCC=CCCC1. The third-order valence-corrected chi connectivity index (χ3v) is 5.12. The number of hydrogen-bond acceptors (Lipinski definition) is 4. The molecule has 0 aliphatic carbocycles. The summed E-state index contributed by atoms with van der Waals surface area (Å²) in [6, 6.07) is 5.48. The highest BCUT2D eigenvalue weighted by Crippen LogP contribution is 2.27. The van der Waals surface area contributed by atoms with E-state index >= 15 is 0 Å². The number of nitrogens with zero attached hydrogens (tertiary/aromatic N) is 2. The molecule has 1 aromatic carbocycles. The average molecular weight is 296 g/mol. The summed E-state index contributed by atoms with van der Waals surface area (Å²) in [5.74, 6) is 0. The van der Waals surface area contributed by atoms with Gasteiger partial charge in [-0.05, 0) is 25.3 Å². The molecule has 20 heavy (non-hydrogen) atoms. The lowest BCUT2D eigenvalue weighted by Crippen LogP contribution is -2.33. The zero-order chi connectivity index (χ0) is 14.6. The van der Waals surface area contributed by atoms with Gasteiger partial charge < -0.3 is 0 Å². The normalized spacial score (nSPS) is 17.4. The van der Waals surface area contributed by atoms with Gasteiger partial charge in [0.2, 0.25) is 10.0 Å². The maximum absolute atomic E-state index is 12.6. The van der Waals surface area contributed by atoms with Crippen molar-refractivity contribution in [2.45, 2.75) is 24.2 Å². The molecule has 0 fully saturated rings. The van der Waals surface area contributed by atoms with Gasteiger partial charge in [0, 0.05) is 19.2 Å². The molecule has 1 heterocycles. The minimum atomic E-state index is -3.82. The van der Waals surface area contributed by atoms with E-state index in [2.05, 4.69) is 0 Å². The standard InChI is InChI=1S/C13H16N2O4S/c16-15(17)12-8-4-5-9-13(12)20(18,19)14-10-6-2-1-3-7-11-14/h1-2,4-5,8-9H,3,6-7,10-11H2. The summed E-state index contributed by atoms with van der Waals surface area (Å²) in [5, 5.41) is 11.0. The Kier molecular flexibility index (Phi) is 4.51. The van der Waals surface area contributed by atoms with Crippen LogP contribution in [0, 0.1) is 10.1 Å². The van der Waals surface area contributed by atoms with E-state index in [1.54, 1.807) is 0 Å². The molecule has 1 aliphatic rings. The molecule has 0 atom stereocenters. The highest BCUT2D eigenvalue weighted by atomic mass is 32.2. The van der Waals surface area contributed by atoms with E-state index in [0.717, 1.165) is 12.8 Å². The summed E-state index contributed by atoms with van der Waals surface area (Å²) in [4.78, 5) is 10.1. The molecule has 0 amide bonds. The summed E-state index contributed by atoms with van der Waals surface area (Å²) in [6.07, 6.45) is 6.15. The predicted octanol–water partition coefficient (Wildman–Crippen LogP) is 2.33. The number of sulfonamides is 1. The Labute approximate surface area is 117 Å². The highest BCUT2D eigenvalue weighted by Gasteiger charge is 2.30. The molecule has 0 saturated carbocycles. The summed E-state index contributed by atoms with van der Waals surface area (Å²) in [7, 11) is -3.82. The van der Waals surface area contributed by atoms with Crippen LogP contribution >= 0.6 is 0 Å². The van der Waals surface area contributed by atoms with Crippen LogP contribution in [-0.2, 0) is 10.0 Å². The first-order chi connectivity index (χ1) is 9.53. The van der Waals surface area contributed by atoms with Crippen molar-refractivity contribution in [1.82, 2.24) is 4.31 Å². The minimum Gasteiger partial charge on any atom is -0.258 e. The Morgan fingerprint density at radius 1 is 1.10 bits per heavy atom. The molecule has 0 saturated heterocycles. The molecule has 2 rings (SSSR count). The zero-order valence-electron chi connectivity index (χ0n) is 10.9. The van der Waals surface area contributed by atoms with Crippen molar-refractivity contribution in [2.24, 2.45) is 0 Å². The summed E-state index contributed by atoms with van der Waals surface area (Å²) >= 11 is 0. The van der Waals surface area contributed by atoms with E-state index in [1.165, 1.54) is 28.6 Å². The molecular weight excluding hydrogens is 280 g/mol. The Morgan fingerprint density at radius 3 is 2.55 bits per heavy atom. The van der Waals surface area contributed by atoms with Gasteiger partial charge in [-0.3, -0.25) is 10.1 Å². The van der Waals surface area contributed by atoms with Crippen LogP contribution in [0.5, 0.6) is 0 Å². The van der Waals surface area contributed by atoms with Crippen LogP contribution in [0.3, 0.4) is 0 Å². The van der Waals surface area contributed by atoms with Crippen LogP contribution in [0.2, 0.25) is 0 Å². The van der Waals surface area contributed by atoms with E-state index in [9.17, 15) is 18.5 Å². The lowest BCUT2D eigenvalue weighted by atomic mass is 10.2. The Balaban J connectivity index is 2.39. The second kappa shape index (κ2) is 6.15. The van der Waals surface area contributed by atoms with Crippen molar-refractivity contribution in [2.75, 3.05) is 13.1 Å². The minimum absolute atomic E-state index is 0.227. The first kappa shape index (κ1) is 14.7. The van der Waals surface area contributed by atoms with Gasteiger partial charge in [-0.1, -0.05) is 24.3 Å². The van der Waals surface area contributed by atoms with Crippen LogP contribution < -0.4 is 0 Å². The summed E-state index contributed by atoms with van der Waals surface area (Å²) in [6.45, 7) is 0.740. The Bertz CT molecular complexity index is 625. The van der Waals surface area contributed by atoms with Gasteiger partial charge in [-0.2, -0.15) is 4.31 Å². The smallest absolute Gasteiger partial charge is 0.258 e. The lowest BCUT2D eigenvalue weighted by Gasteiger charge is -2.22. The van der Waals surface area contributed by atoms with Gasteiger partial charge >= 0.3 is 0 Å². The fourth-order valence-electron chi connectivity index (χ4n) is 2.16. The van der Waals surface area contributed by atoms with Gasteiger partial charge in [0.25, 0.3) is 5.69 Å². The van der Waals surface area contributed by atoms with Gasteiger partial charge in [0.05, 0.1) is 4.92 Å². The van der Waals surface area contributed by atoms with Crippen molar-refractivity contribution in [1.29, 1.82) is 0 Å². The molecule has 1 aliphatic heterocycles. The third kappa shape index (κ3) is 3.05. The van der Waals surface area contributed by atoms with E-state index in [4.69, 9.17) is 0 Å². The first-order valence-corrected chi connectivity index (χ1v) is 7.86. The van der Waals surface area contributed by atoms with E-state index < -0.39 is 14.9 Å². The number of nitro groups is 1. The second-order valence-electron chi connectivity index (χ2n) is 4.53. The molecule has 0 aromatic heterocycles. The van der Waals surface area contributed by atoms with Crippen molar-refractivity contribution >= 4 is 15.7 Å². The van der Waals surface area contributed by atoms with E-state index in [-0.39, 0.29) is 10.6 Å². The van der Waals surface area contributed by atoms with Crippen LogP contribution in [-0.4, -0.2) is 30.7 Å². The van der Waals surface area contributed by atoms with Gasteiger partial charge in [0.1, 0.15) is 0 Å². The first-order valence-electron chi connectivity index (χ1n) is 6.42. The zero-order valence-corrected chi connectivity index (χ0v) is 11.8. The van der Waals surface area contributed by atoms with Crippen molar-refractivity contribution in [3.63, 3.8) is 0 Å². The van der Waals surface area contributed by atoms with Crippen LogP contribution in [0.15, 0.2) is 41.3 Å². The van der Waals surface area contributed by atoms with Crippen LogP contribution in [0.25, 0.3) is 0 Å². The Hall–Kier alpha value is -1.73. The number of benzene rings is 1. The van der Waals surface area contributed by atoms with Gasteiger partial charge in [0.15, 0.2) is 4.90 Å². The highest BCUT2D eigenvalue weighted by molar-refractivity contribution is 7.89. The molecular formula is C13H16N2O4S. The van der Waals surface area contributed by atoms with E-state index in [1.807, 2.05) is 12.2 Å². The fourth-order valence-corrected chi connectivity index (χ4v) is 3.81. The van der Waals surface area contributed by atoms with Crippen molar-refractivity contribution in [3.8, 4) is 0 Å². The third-order valence-electron chi connectivity index (χ3n) is 3.17. The van der Waals surface area contributed by atoms with Gasteiger partial charge in [-0.15, -0.1) is 0 Å². The Morgan fingerprint density at radius 2 is 1.80 bits per heavy atom. The quantitative estimate of drug-likeness (QED) is 0.487. The largest absolute Gasteiger partial charge is 0.289 e. The summed E-state index contributed by atoms with van der Waals surface area (Å²) < 4.78 is 26.5. The van der Waals surface area contributed by atoms with Crippen LogP contribution in [0.4, 0.5) is 5.69 Å². The fraction of sp³-hybridized carbons (Fsp3) is 0.385. The molecule has 7 heteroatoms. The van der Waals surface area contributed by atoms with Gasteiger partial charge in [-0.25, -0.2) is 8.42 Å². The van der Waals surface area contributed by atoms with Crippen molar-refractivity contribution < 1.29 is 13.3 Å². The number of allylic oxidation sites excluding steroid dienone is 1. The molecule has 0 unspecified atom stereocenters. The maximum atomic E-state index is 12.6. The predicted molar refractivity (Wildman–Crippen MR) is 74.8 cm³/mol. The van der Waals surface area contributed by atoms with Crippen molar-refractivity contribution in [3.05, 3.63) is 46.5 Å². The number of rotatable bonds is 3. The number of para-hydroxylation sites is 1. The average Bonchev–Trinajstić information content (AvgIpc) is 2.37. The molecule has 108 valence electrons. The molecule has 0 radical (unpaired) electrons. The van der Waals surface area contributed by atoms with Crippen LogP contribution in [0.1, 0.15) is 19.3 Å².